The van der Waals surface area contributed by atoms with E-state index in [4.69, 9.17) is 10.5 Å². The van der Waals surface area contributed by atoms with Crippen molar-refractivity contribution in [2.45, 2.75) is 6.54 Å². The molecule has 0 aliphatic heterocycles. The molecule has 96 valence electrons. The molecule has 0 amide bonds. The number of nitrogen functional groups attached to an aromatic ring is 1. The molecule has 2 aromatic carbocycles. The number of anilines is 1. The van der Waals surface area contributed by atoms with E-state index in [-0.39, 0.29) is 0 Å². The zero-order valence-corrected chi connectivity index (χ0v) is 10.8. The van der Waals surface area contributed by atoms with Crippen LogP contribution in [0.2, 0.25) is 0 Å². The van der Waals surface area contributed by atoms with Crippen molar-refractivity contribution < 1.29 is 4.74 Å². The Labute approximate surface area is 112 Å². The summed E-state index contributed by atoms with van der Waals surface area (Å²) in [5, 5.41) is 1.13. The lowest BCUT2D eigenvalue weighted by molar-refractivity contribution is 0.420. The Bertz CT molecular complexity index is 716. The van der Waals surface area contributed by atoms with E-state index >= 15 is 0 Å². The molecule has 3 nitrogen and oxygen atoms in total. The first kappa shape index (κ1) is 11.7. The van der Waals surface area contributed by atoms with Crippen LogP contribution in [0.3, 0.4) is 0 Å². The van der Waals surface area contributed by atoms with Crippen molar-refractivity contribution >= 4 is 16.6 Å². The fourth-order valence-corrected chi connectivity index (χ4v) is 2.40. The van der Waals surface area contributed by atoms with Gasteiger partial charge in [0.1, 0.15) is 5.75 Å². The van der Waals surface area contributed by atoms with Gasteiger partial charge in [0.15, 0.2) is 0 Å². The molecule has 0 spiro atoms. The van der Waals surface area contributed by atoms with E-state index in [9.17, 15) is 0 Å². The molecule has 3 rings (SSSR count). The van der Waals surface area contributed by atoms with Gasteiger partial charge in [0, 0.05) is 23.8 Å². The summed E-state index contributed by atoms with van der Waals surface area (Å²) < 4.78 is 7.58. The second-order valence-corrected chi connectivity index (χ2v) is 4.58. The predicted octanol–water partition coefficient (Wildman–Crippen LogP) is 3.28. The van der Waals surface area contributed by atoms with Gasteiger partial charge in [-0.25, -0.2) is 0 Å². The van der Waals surface area contributed by atoms with Crippen LogP contribution in [0.1, 0.15) is 5.56 Å². The van der Waals surface area contributed by atoms with Crippen LogP contribution in [0.4, 0.5) is 5.69 Å². The monoisotopic (exact) mass is 252 g/mol. The molecule has 3 heteroatoms. The second-order valence-electron chi connectivity index (χ2n) is 4.58. The van der Waals surface area contributed by atoms with Crippen molar-refractivity contribution in [2.75, 3.05) is 12.8 Å². The highest BCUT2D eigenvalue weighted by molar-refractivity contribution is 5.86. The maximum atomic E-state index is 5.82. The van der Waals surface area contributed by atoms with Crippen molar-refractivity contribution in [3.8, 4) is 5.75 Å². The van der Waals surface area contributed by atoms with Crippen molar-refractivity contribution in [3.63, 3.8) is 0 Å². The summed E-state index contributed by atoms with van der Waals surface area (Å²) >= 11 is 0. The Kier molecular flexibility index (Phi) is 2.88. The average molecular weight is 252 g/mol. The average Bonchev–Trinajstić information content (AvgIpc) is 2.82. The third-order valence-corrected chi connectivity index (χ3v) is 3.30. The van der Waals surface area contributed by atoms with Crippen LogP contribution in [0, 0.1) is 0 Å². The lowest BCUT2D eigenvalue weighted by Crippen LogP contribution is -1.98. The maximum absolute atomic E-state index is 5.82. The minimum Gasteiger partial charge on any atom is -0.496 e. The standard InChI is InChI=1S/C16H16N2O/c1-19-16-7-3-6-15-14(16)8-9-18(15)11-12-4-2-5-13(17)10-12/h2-10H,11,17H2,1H3. The first-order valence-electron chi connectivity index (χ1n) is 6.24. The summed E-state index contributed by atoms with van der Waals surface area (Å²) in [6, 6.07) is 16.2. The first-order chi connectivity index (χ1) is 9.28. The lowest BCUT2D eigenvalue weighted by atomic mass is 10.2. The van der Waals surface area contributed by atoms with Crippen LogP contribution in [0.5, 0.6) is 5.75 Å². The van der Waals surface area contributed by atoms with Crippen LogP contribution in [-0.4, -0.2) is 11.7 Å². The summed E-state index contributed by atoms with van der Waals surface area (Å²) in [6.45, 7) is 0.807. The van der Waals surface area contributed by atoms with E-state index in [0.29, 0.717) is 0 Å². The van der Waals surface area contributed by atoms with Crippen LogP contribution in [0.15, 0.2) is 54.7 Å². The van der Waals surface area contributed by atoms with Gasteiger partial charge in [0.25, 0.3) is 0 Å². The zero-order valence-electron chi connectivity index (χ0n) is 10.8. The number of hydrogen-bond acceptors (Lipinski definition) is 2. The Morgan fingerprint density at radius 3 is 2.74 bits per heavy atom. The van der Waals surface area contributed by atoms with E-state index in [1.54, 1.807) is 7.11 Å². The SMILES string of the molecule is COc1cccc2c1ccn2Cc1cccc(N)c1. The summed E-state index contributed by atoms with van der Waals surface area (Å²) in [7, 11) is 1.70. The van der Waals surface area contributed by atoms with Gasteiger partial charge in [0.2, 0.25) is 0 Å². The number of rotatable bonds is 3. The molecule has 0 radical (unpaired) electrons. The van der Waals surface area contributed by atoms with Crippen LogP contribution in [0.25, 0.3) is 10.9 Å². The van der Waals surface area contributed by atoms with Gasteiger partial charge in [-0.1, -0.05) is 18.2 Å². The smallest absolute Gasteiger partial charge is 0.128 e. The molecule has 1 aromatic heterocycles. The normalized spacial score (nSPS) is 10.8. The lowest BCUT2D eigenvalue weighted by Gasteiger charge is -2.07. The number of aromatic nitrogens is 1. The minimum absolute atomic E-state index is 0.798. The van der Waals surface area contributed by atoms with Gasteiger partial charge in [-0.15, -0.1) is 0 Å². The molecule has 0 saturated carbocycles. The van der Waals surface area contributed by atoms with Gasteiger partial charge in [0.05, 0.1) is 12.6 Å². The van der Waals surface area contributed by atoms with E-state index < -0.39 is 0 Å². The zero-order chi connectivity index (χ0) is 13.2. The third-order valence-electron chi connectivity index (χ3n) is 3.30. The molecule has 0 saturated heterocycles. The Balaban J connectivity index is 2.02. The number of benzene rings is 2. The second kappa shape index (κ2) is 4.69. The van der Waals surface area contributed by atoms with Gasteiger partial charge in [-0.05, 0) is 35.9 Å². The van der Waals surface area contributed by atoms with Gasteiger partial charge in [-0.2, -0.15) is 0 Å². The Hall–Kier alpha value is -2.42. The highest BCUT2D eigenvalue weighted by atomic mass is 16.5. The number of nitrogens with two attached hydrogens (primary N) is 1. The molecule has 3 aromatic rings. The van der Waals surface area contributed by atoms with Gasteiger partial charge < -0.3 is 15.0 Å². The predicted molar refractivity (Wildman–Crippen MR) is 78.4 cm³/mol. The molecule has 0 fully saturated rings. The molecule has 0 bridgehead atoms. The molecule has 0 aliphatic carbocycles. The van der Waals surface area contributed by atoms with Gasteiger partial charge >= 0.3 is 0 Å². The van der Waals surface area contributed by atoms with E-state index in [1.807, 2.05) is 30.3 Å². The van der Waals surface area contributed by atoms with E-state index in [2.05, 4.69) is 29.0 Å². The summed E-state index contributed by atoms with van der Waals surface area (Å²) in [6.07, 6.45) is 2.08. The fraction of sp³-hybridized carbons (Fsp3) is 0.125. The molecule has 0 atom stereocenters. The molecular weight excluding hydrogens is 236 g/mol. The number of ether oxygens (including phenoxy) is 1. The van der Waals surface area contributed by atoms with Crippen LogP contribution in [-0.2, 0) is 6.54 Å². The van der Waals surface area contributed by atoms with Crippen LogP contribution >= 0.6 is 0 Å². The van der Waals surface area contributed by atoms with Crippen molar-refractivity contribution in [3.05, 3.63) is 60.3 Å². The number of methoxy groups -OCH3 is 1. The van der Waals surface area contributed by atoms with Crippen molar-refractivity contribution in [1.82, 2.24) is 4.57 Å². The summed E-state index contributed by atoms with van der Waals surface area (Å²) in [4.78, 5) is 0. The van der Waals surface area contributed by atoms with E-state index in [1.165, 1.54) is 11.1 Å². The molecule has 0 unspecified atom stereocenters. The van der Waals surface area contributed by atoms with Gasteiger partial charge in [-0.3, -0.25) is 0 Å². The molecule has 0 aliphatic rings. The van der Waals surface area contributed by atoms with E-state index in [0.717, 1.165) is 23.4 Å². The molecule has 19 heavy (non-hydrogen) atoms. The summed E-state index contributed by atoms with van der Waals surface area (Å²) in [5.41, 5.74) is 8.98. The number of nitrogens with zero attached hydrogens (tertiary/aromatic N) is 1. The Morgan fingerprint density at radius 2 is 1.95 bits per heavy atom. The topological polar surface area (TPSA) is 40.2 Å². The minimum atomic E-state index is 0.798. The number of fused-ring (bicyclic) bond motifs is 1. The summed E-state index contributed by atoms with van der Waals surface area (Å²) in [5.74, 6) is 0.906. The largest absolute Gasteiger partial charge is 0.496 e. The quantitative estimate of drug-likeness (QED) is 0.727. The maximum Gasteiger partial charge on any atom is 0.128 e. The van der Waals surface area contributed by atoms with Crippen molar-refractivity contribution in [2.24, 2.45) is 0 Å². The molecular formula is C16H16N2O. The highest BCUT2D eigenvalue weighted by Gasteiger charge is 2.06. The van der Waals surface area contributed by atoms with Crippen molar-refractivity contribution in [1.29, 1.82) is 0 Å². The van der Waals surface area contributed by atoms with Crippen LogP contribution < -0.4 is 10.5 Å². The first-order valence-corrected chi connectivity index (χ1v) is 6.24. The third kappa shape index (κ3) is 2.15. The molecule has 1 heterocycles. The molecule has 2 N–H and O–H groups in total. The number of hydrogen-bond donors (Lipinski definition) is 1. The fourth-order valence-electron chi connectivity index (χ4n) is 2.40. The highest BCUT2D eigenvalue weighted by Crippen LogP contribution is 2.26. The Morgan fingerprint density at radius 1 is 1.11 bits per heavy atom.